The summed E-state index contributed by atoms with van der Waals surface area (Å²) in [5.74, 6) is 1.31. The summed E-state index contributed by atoms with van der Waals surface area (Å²) in [6, 6.07) is 4.16. The van der Waals surface area contributed by atoms with E-state index < -0.39 is 0 Å². The molecule has 0 atom stereocenters. The Labute approximate surface area is 149 Å². The molecule has 0 aliphatic carbocycles. The van der Waals surface area contributed by atoms with Gasteiger partial charge in [0.2, 0.25) is 5.95 Å². The average molecular weight is 386 g/mol. The molecule has 124 valence electrons. The van der Waals surface area contributed by atoms with Gasteiger partial charge < -0.3 is 9.88 Å². The third kappa shape index (κ3) is 2.90. The van der Waals surface area contributed by atoms with Gasteiger partial charge in [0, 0.05) is 43.0 Å². The quantitative estimate of drug-likeness (QED) is 0.690. The van der Waals surface area contributed by atoms with E-state index >= 15 is 0 Å². The average Bonchev–Trinajstić information content (AvgIpc) is 3.09. The minimum absolute atomic E-state index is 0.467. The van der Waals surface area contributed by atoms with Gasteiger partial charge in [-0.25, -0.2) is 15.0 Å². The van der Waals surface area contributed by atoms with E-state index in [2.05, 4.69) is 54.8 Å². The van der Waals surface area contributed by atoms with Crippen LogP contribution in [0.1, 0.15) is 36.9 Å². The first-order chi connectivity index (χ1) is 11.7. The molecule has 24 heavy (non-hydrogen) atoms. The first-order valence-electron chi connectivity index (χ1n) is 8.44. The van der Waals surface area contributed by atoms with Crippen molar-refractivity contribution in [2.75, 3.05) is 18.0 Å². The molecule has 0 amide bonds. The number of fused-ring (bicyclic) bond motifs is 1. The van der Waals surface area contributed by atoms with Crippen molar-refractivity contribution in [3.05, 3.63) is 46.6 Å². The minimum Gasteiger partial charge on any atom is -0.360 e. The van der Waals surface area contributed by atoms with E-state index in [0.29, 0.717) is 5.92 Å². The number of nitrogens with one attached hydrogen (secondary N) is 1. The summed E-state index contributed by atoms with van der Waals surface area (Å²) >= 11 is 3.54. The minimum atomic E-state index is 0.467. The van der Waals surface area contributed by atoms with Crippen molar-refractivity contribution < 1.29 is 0 Å². The molecule has 0 aromatic carbocycles. The number of piperidine rings is 1. The van der Waals surface area contributed by atoms with Gasteiger partial charge in [0.1, 0.15) is 4.60 Å². The number of nitrogens with zero attached hydrogens (tertiary/aromatic N) is 4. The van der Waals surface area contributed by atoms with Crippen LogP contribution < -0.4 is 4.90 Å². The van der Waals surface area contributed by atoms with Gasteiger partial charge in [0.25, 0.3) is 0 Å². The molecule has 0 unspecified atom stereocenters. The summed E-state index contributed by atoms with van der Waals surface area (Å²) in [4.78, 5) is 19.4. The van der Waals surface area contributed by atoms with Crippen LogP contribution in [0.15, 0.2) is 35.3 Å². The first kappa shape index (κ1) is 15.6. The largest absolute Gasteiger partial charge is 0.360 e. The highest BCUT2D eigenvalue weighted by Gasteiger charge is 2.25. The van der Waals surface area contributed by atoms with Crippen LogP contribution in [-0.4, -0.2) is 33.0 Å². The summed E-state index contributed by atoms with van der Waals surface area (Å²) in [6.07, 6.45) is 8.97. The highest BCUT2D eigenvalue weighted by Crippen LogP contribution is 2.33. The number of pyridine rings is 1. The van der Waals surface area contributed by atoms with E-state index in [9.17, 15) is 0 Å². The van der Waals surface area contributed by atoms with Crippen LogP contribution in [0.25, 0.3) is 10.9 Å². The number of aromatic amines is 1. The predicted molar refractivity (Wildman–Crippen MR) is 99.4 cm³/mol. The lowest BCUT2D eigenvalue weighted by Gasteiger charge is -2.32. The molecule has 0 spiro atoms. The van der Waals surface area contributed by atoms with Crippen molar-refractivity contribution in [3.63, 3.8) is 0 Å². The van der Waals surface area contributed by atoms with Gasteiger partial charge in [-0.15, -0.1) is 0 Å². The van der Waals surface area contributed by atoms with Gasteiger partial charge in [0.15, 0.2) is 0 Å². The lowest BCUT2D eigenvalue weighted by Crippen LogP contribution is -2.34. The standard InChI is InChI=1S/C18H20BrN5/c1-2-12-10-21-18(22-11-12)24-7-4-13(5-8-24)17-16-14(3-6-20-16)9-15(19)23-17/h3,6,9-11,13,20H,2,4-5,7-8H2,1H3. The highest BCUT2D eigenvalue weighted by atomic mass is 79.9. The molecule has 1 saturated heterocycles. The molecule has 3 aromatic rings. The molecule has 6 heteroatoms. The Balaban J connectivity index is 1.51. The van der Waals surface area contributed by atoms with E-state index in [1.807, 2.05) is 18.6 Å². The third-order valence-electron chi connectivity index (χ3n) is 4.80. The van der Waals surface area contributed by atoms with Crippen LogP contribution in [0, 0.1) is 0 Å². The third-order valence-corrected chi connectivity index (χ3v) is 5.21. The number of anilines is 1. The Morgan fingerprint density at radius 1 is 1.25 bits per heavy atom. The molecule has 1 fully saturated rings. The number of rotatable bonds is 3. The smallest absolute Gasteiger partial charge is 0.225 e. The van der Waals surface area contributed by atoms with E-state index in [4.69, 9.17) is 4.98 Å². The van der Waals surface area contributed by atoms with Gasteiger partial charge in [-0.1, -0.05) is 6.92 Å². The zero-order chi connectivity index (χ0) is 16.5. The summed E-state index contributed by atoms with van der Waals surface area (Å²) < 4.78 is 0.908. The molecule has 0 radical (unpaired) electrons. The fourth-order valence-corrected chi connectivity index (χ4v) is 3.83. The van der Waals surface area contributed by atoms with E-state index in [-0.39, 0.29) is 0 Å². The van der Waals surface area contributed by atoms with Gasteiger partial charge in [-0.2, -0.15) is 0 Å². The van der Waals surface area contributed by atoms with Crippen LogP contribution >= 0.6 is 15.9 Å². The fraction of sp³-hybridized carbons (Fsp3) is 0.389. The maximum absolute atomic E-state index is 4.75. The molecular weight excluding hydrogens is 366 g/mol. The topological polar surface area (TPSA) is 57.7 Å². The Bertz CT molecular complexity index is 834. The molecule has 3 aromatic heterocycles. The van der Waals surface area contributed by atoms with E-state index in [1.54, 1.807) is 0 Å². The van der Waals surface area contributed by atoms with Crippen molar-refractivity contribution in [3.8, 4) is 0 Å². The van der Waals surface area contributed by atoms with Gasteiger partial charge >= 0.3 is 0 Å². The molecule has 1 aliphatic rings. The van der Waals surface area contributed by atoms with Gasteiger partial charge in [0.05, 0.1) is 11.2 Å². The Hall–Kier alpha value is -1.95. The zero-order valence-electron chi connectivity index (χ0n) is 13.7. The fourth-order valence-electron chi connectivity index (χ4n) is 3.40. The lowest BCUT2D eigenvalue weighted by molar-refractivity contribution is 0.492. The molecule has 1 N–H and O–H groups in total. The Kier molecular flexibility index (Phi) is 4.22. The van der Waals surface area contributed by atoms with E-state index in [1.165, 1.54) is 22.2 Å². The highest BCUT2D eigenvalue weighted by molar-refractivity contribution is 9.10. The Morgan fingerprint density at radius 2 is 2.00 bits per heavy atom. The summed E-state index contributed by atoms with van der Waals surface area (Å²) in [7, 11) is 0. The maximum Gasteiger partial charge on any atom is 0.225 e. The maximum atomic E-state index is 4.75. The number of aromatic nitrogens is 4. The summed E-state index contributed by atoms with van der Waals surface area (Å²) in [6.45, 7) is 4.05. The number of halogens is 1. The van der Waals surface area contributed by atoms with Crippen molar-refractivity contribution in [2.24, 2.45) is 0 Å². The van der Waals surface area contributed by atoms with Crippen LogP contribution in [0.3, 0.4) is 0 Å². The normalized spacial score (nSPS) is 16.0. The first-order valence-corrected chi connectivity index (χ1v) is 9.23. The molecular formula is C18H20BrN5. The van der Waals surface area contributed by atoms with Crippen molar-refractivity contribution >= 4 is 32.8 Å². The second-order valence-electron chi connectivity index (χ2n) is 6.28. The van der Waals surface area contributed by atoms with Crippen LogP contribution in [0.5, 0.6) is 0 Å². The molecule has 5 nitrogen and oxygen atoms in total. The second-order valence-corrected chi connectivity index (χ2v) is 7.09. The SMILES string of the molecule is CCc1cnc(N2CCC(c3nc(Br)cc4cc[nH]c34)CC2)nc1. The number of hydrogen-bond acceptors (Lipinski definition) is 4. The van der Waals surface area contributed by atoms with Crippen molar-refractivity contribution in [1.82, 2.24) is 19.9 Å². The molecule has 1 aliphatic heterocycles. The van der Waals surface area contributed by atoms with Crippen LogP contribution in [0.4, 0.5) is 5.95 Å². The van der Waals surface area contributed by atoms with Crippen molar-refractivity contribution in [2.45, 2.75) is 32.1 Å². The monoisotopic (exact) mass is 385 g/mol. The van der Waals surface area contributed by atoms with Crippen molar-refractivity contribution in [1.29, 1.82) is 0 Å². The molecule has 0 bridgehead atoms. The van der Waals surface area contributed by atoms with Crippen LogP contribution in [-0.2, 0) is 6.42 Å². The van der Waals surface area contributed by atoms with E-state index in [0.717, 1.165) is 42.9 Å². The second kappa shape index (κ2) is 6.51. The molecule has 4 rings (SSSR count). The summed E-state index contributed by atoms with van der Waals surface area (Å²) in [5, 5.41) is 1.22. The number of H-pyrrole nitrogens is 1. The van der Waals surface area contributed by atoms with Gasteiger partial charge in [-0.05, 0) is 52.9 Å². The van der Waals surface area contributed by atoms with Gasteiger partial charge in [-0.3, -0.25) is 0 Å². The summed E-state index contributed by atoms with van der Waals surface area (Å²) in [5.41, 5.74) is 3.52. The zero-order valence-corrected chi connectivity index (χ0v) is 15.3. The number of hydrogen-bond donors (Lipinski definition) is 1. The lowest BCUT2D eigenvalue weighted by atomic mass is 9.92. The Morgan fingerprint density at radius 3 is 2.71 bits per heavy atom. The van der Waals surface area contributed by atoms with Crippen LogP contribution in [0.2, 0.25) is 0 Å². The number of aryl methyl sites for hydroxylation is 1. The molecule has 0 saturated carbocycles. The molecule has 4 heterocycles. The predicted octanol–water partition coefficient (Wildman–Crippen LogP) is 4.06.